The van der Waals surface area contributed by atoms with Crippen molar-refractivity contribution in [2.75, 3.05) is 12.8 Å². The summed E-state index contributed by atoms with van der Waals surface area (Å²) in [6.45, 7) is 0.439. The molecule has 0 atom stereocenters. The fourth-order valence-electron chi connectivity index (χ4n) is 1.45. The van der Waals surface area contributed by atoms with E-state index in [-0.39, 0.29) is 4.90 Å². The predicted molar refractivity (Wildman–Crippen MR) is 65.6 cm³/mol. The zero-order valence-corrected chi connectivity index (χ0v) is 10.6. The third kappa shape index (κ3) is 2.74. The first-order chi connectivity index (χ1) is 8.50. The van der Waals surface area contributed by atoms with Crippen molar-refractivity contribution in [3.05, 3.63) is 30.2 Å². The van der Waals surface area contributed by atoms with Gasteiger partial charge in [-0.1, -0.05) is 5.16 Å². The summed E-state index contributed by atoms with van der Waals surface area (Å²) < 4.78 is 27.6. The first kappa shape index (κ1) is 12.7. The fraction of sp³-hybridized carbons (Fsp3) is 0.273. The first-order valence-corrected chi connectivity index (χ1v) is 7.23. The van der Waals surface area contributed by atoms with E-state index >= 15 is 0 Å². The van der Waals surface area contributed by atoms with Gasteiger partial charge < -0.3 is 10.3 Å². The summed E-state index contributed by atoms with van der Waals surface area (Å²) >= 11 is 0. The van der Waals surface area contributed by atoms with Gasteiger partial charge in [-0.05, 0) is 24.3 Å². The van der Waals surface area contributed by atoms with Crippen molar-refractivity contribution in [2.24, 2.45) is 5.73 Å². The summed E-state index contributed by atoms with van der Waals surface area (Å²) in [6.07, 6.45) is 1.68. The van der Waals surface area contributed by atoms with Gasteiger partial charge in [-0.3, -0.25) is 0 Å². The second kappa shape index (κ2) is 4.87. The lowest BCUT2D eigenvalue weighted by molar-refractivity contribution is 0.380. The molecule has 18 heavy (non-hydrogen) atoms. The van der Waals surface area contributed by atoms with Gasteiger partial charge in [-0.2, -0.15) is 4.98 Å². The SMILES string of the molecule is CS(=O)(=O)c1ccc(-c2noc(CCN)n2)cc1. The zero-order valence-electron chi connectivity index (χ0n) is 9.83. The quantitative estimate of drug-likeness (QED) is 0.872. The van der Waals surface area contributed by atoms with Gasteiger partial charge in [-0.15, -0.1) is 0 Å². The highest BCUT2D eigenvalue weighted by Crippen LogP contribution is 2.18. The number of hydrogen-bond acceptors (Lipinski definition) is 6. The van der Waals surface area contributed by atoms with Crippen molar-refractivity contribution >= 4 is 9.84 Å². The van der Waals surface area contributed by atoms with Gasteiger partial charge in [0, 0.05) is 24.8 Å². The zero-order chi connectivity index (χ0) is 13.2. The molecule has 0 aliphatic rings. The van der Waals surface area contributed by atoms with Gasteiger partial charge in [0.15, 0.2) is 9.84 Å². The molecule has 0 amide bonds. The molecule has 0 aliphatic heterocycles. The summed E-state index contributed by atoms with van der Waals surface area (Å²) in [5.41, 5.74) is 6.08. The van der Waals surface area contributed by atoms with Crippen LogP contribution in [0.2, 0.25) is 0 Å². The van der Waals surface area contributed by atoms with Crippen LogP contribution in [0, 0.1) is 0 Å². The summed E-state index contributed by atoms with van der Waals surface area (Å²) in [7, 11) is -3.19. The maximum absolute atomic E-state index is 11.3. The molecule has 0 saturated heterocycles. The van der Waals surface area contributed by atoms with E-state index in [4.69, 9.17) is 10.3 Å². The van der Waals surface area contributed by atoms with Crippen LogP contribution in [-0.4, -0.2) is 31.4 Å². The van der Waals surface area contributed by atoms with Gasteiger partial charge >= 0.3 is 0 Å². The van der Waals surface area contributed by atoms with E-state index in [9.17, 15) is 8.42 Å². The molecule has 0 spiro atoms. The molecule has 1 aromatic heterocycles. The maximum atomic E-state index is 11.3. The average Bonchev–Trinajstić information content (AvgIpc) is 2.77. The molecule has 6 nitrogen and oxygen atoms in total. The molecule has 0 radical (unpaired) electrons. The third-order valence-electron chi connectivity index (χ3n) is 2.37. The fourth-order valence-corrected chi connectivity index (χ4v) is 2.08. The highest BCUT2D eigenvalue weighted by Gasteiger charge is 2.10. The van der Waals surface area contributed by atoms with Crippen LogP contribution < -0.4 is 5.73 Å². The van der Waals surface area contributed by atoms with Crippen LogP contribution in [0.4, 0.5) is 0 Å². The highest BCUT2D eigenvalue weighted by molar-refractivity contribution is 7.90. The number of aromatic nitrogens is 2. The van der Waals surface area contributed by atoms with Crippen LogP contribution in [-0.2, 0) is 16.3 Å². The lowest BCUT2D eigenvalue weighted by Crippen LogP contribution is -2.02. The van der Waals surface area contributed by atoms with Crippen LogP contribution >= 0.6 is 0 Å². The second-order valence-electron chi connectivity index (χ2n) is 3.85. The lowest BCUT2D eigenvalue weighted by Gasteiger charge is -1.98. The van der Waals surface area contributed by atoms with E-state index in [1.165, 1.54) is 12.1 Å². The van der Waals surface area contributed by atoms with Gasteiger partial charge in [0.2, 0.25) is 11.7 Å². The Hall–Kier alpha value is -1.73. The molecule has 7 heteroatoms. The highest BCUT2D eigenvalue weighted by atomic mass is 32.2. The molecule has 2 N–H and O–H groups in total. The molecule has 0 fully saturated rings. The van der Waals surface area contributed by atoms with Gasteiger partial charge in [0.05, 0.1) is 4.90 Å². The Bertz CT molecular complexity index is 632. The minimum Gasteiger partial charge on any atom is -0.339 e. The Labute approximate surface area is 105 Å². The summed E-state index contributed by atoms with van der Waals surface area (Å²) in [6, 6.07) is 6.33. The molecule has 0 unspecified atom stereocenters. The monoisotopic (exact) mass is 267 g/mol. The van der Waals surface area contributed by atoms with E-state index < -0.39 is 9.84 Å². The van der Waals surface area contributed by atoms with Crippen LogP contribution in [0.3, 0.4) is 0 Å². The number of hydrogen-bond donors (Lipinski definition) is 1. The third-order valence-corrected chi connectivity index (χ3v) is 3.50. The topological polar surface area (TPSA) is 99.1 Å². The lowest BCUT2D eigenvalue weighted by atomic mass is 10.2. The molecular weight excluding hydrogens is 254 g/mol. The standard InChI is InChI=1S/C11H13N3O3S/c1-18(15,16)9-4-2-8(3-5-9)11-13-10(6-7-12)17-14-11/h2-5H,6-7,12H2,1H3. The Morgan fingerprint density at radius 2 is 1.94 bits per heavy atom. The van der Waals surface area contributed by atoms with E-state index in [1.54, 1.807) is 12.1 Å². The van der Waals surface area contributed by atoms with Crippen molar-refractivity contribution in [3.8, 4) is 11.4 Å². The number of sulfone groups is 1. The van der Waals surface area contributed by atoms with Crippen molar-refractivity contribution in [1.29, 1.82) is 0 Å². The van der Waals surface area contributed by atoms with E-state index in [0.717, 1.165) is 6.26 Å². The van der Waals surface area contributed by atoms with Gasteiger partial charge in [0.25, 0.3) is 0 Å². The molecule has 0 aliphatic carbocycles. The molecule has 0 saturated carbocycles. The van der Waals surface area contributed by atoms with Crippen molar-refractivity contribution in [3.63, 3.8) is 0 Å². The number of nitrogens with two attached hydrogens (primary N) is 1. The molecule has 1 aromatic carbocycles. The first-order valence-electron chi connectivity index (χ1n) is 5.34. The second-order valence-corrected chi connectivity index (χ2v) is 5.86. The van der Waals surface area contributed by atoms with Gasteiger partial charge in [0.1, 0.15) is 0 Å². The summed E-state index contributed by atoms with van der Waals surface area (Å²) in [5, 5.41) is 3.81. The molecule has 1 heterocycles. The molecular formula is C11H13N3O3S. The van der Waals surface area contributed by atoms with Crippen LogP contribution in [0.1, 0.15) is 5.89 Å². The van der Waals surface area contributed by atoms with Gasteiger partial charge in [-0.25, -0.2) is 8.42 Å². The molecule has 96 valence electrons. The molecule has 0 bridgehead atoms. The minimum absolute atomic E-state index is 0.261. The molecule has 2 aromatic rings. The van der Waals surface area contributed by atoms with Crippen molar-refractivity contribution in [2.45, 2.75) is 11.3 Å². The number of nitrogens with zero attached hydrogens (tertiary/aromatic N) is 2. The van der Waals surface area contributed by atoms with E-state index in [0.29, 0.717) is 30.2 Å². The van der Waals surface area contributed by atoms with E-state index in [2.05, 4.69) is 10.1 Å². The minimum atomic E-state index is -3.19. The largest absolute Gasteiger partial charge is 0.339 e. The Balaban J connectivity index is 2.28. The maximum Gasteiger partial charge on any atom is 0.228 e. The summed E-state index contributed by atoms with van der Waals surface area (Å²) in [4.78, 5) is 4.42. The van der Waals surface area contributed by atoms with Crippen LogP contribution in [0.15, 0.2) is 33.7 Å². The number of benzene rings is 1. The smallest absolute Gasteiger partial charge is 0.228 e. The molecule has 2 rings (SSSR count). The van der Waals surface area contributed by atoms with Crippen LogP contribution in [0.5, 0.6) is 0 Å². The van der Waals surface area contributed by atoms with E-state index in [1.807, 2.05) is 0 Å². The van der Waals surface area contributed by atoms with Crippen molar-refractivity contribution < 1.29 is 12.9 Å². The Morgan fingerprint density at radius 1 is 1.28 bits per heavy atom. The Kier molecular flexibility index (Phi) is 3.44. The van der Waals surface area contributed by atoms with Crippen molar-refractivity contribution in [1.82, 2.24) is 10.1 Å². The van der Waals surface area contributed by atoms with Crippen LogP contribution in [0.25, 0.3) is 11.4 Å². The predicted octanol–water partition coefficient (Wildman–Crippen LogP) is 0.641. The summed E-state index contributed by atoms with van der Waals surface area (Å²) in [5.74, 6) is 0.901. The normalized spacial score (nSPS) is 11.7. The Morgan fingerprint density at radius 3 is 2.50 bits per heavy atom. The average molecular weight is 267 g/mol. The number of rotatable bonds is 4.